The van der Waals surface area contributed by atoms with E-state index in [1.807, 2.05) is 36.5 Å². The molecule has 0 fully saturated rings. The Balaban J connectivity index is 1.82. The second-order valence-corrected chi connectivity index (χ2v) is 6.41. The number of nitrogens with zero attached hydrogens (tertiary/aromatic N) is 2. The molecule has 3 heterocycles. The Kier molecular flexibility index (Phi) is 3.61. The summed E-state index contributed by atoms with van der Waals surface area (Å²) < 4.78 is 5.43. The Labute approximate surface area is 156 Å². The number of aromatic nitrogens is 3. The van der Waals surface area contributed by atoms with Gasteiger partial charge in [-0.25, -0.2) is 9.97 Å². The minimum atomic E-state index is 0.825. The van der Waals surface area contributed by atoms with E-state index in [0.717, 1.165) is 50.1 Å². The van der Waals surface area contributed by atoms with Gasteiger partial charge in [-0.3, -0.25) is 0 Å². The molecule has 0 aliphatic heterocycles. The van der Waals surface area contributed by atoms with Crippen LogP contribution < -0.4 is 4.74 Å². The largest absolute Gasteiger partial charge is 0.497 e. The molecule has 0 aliphatic carbocycles. The quantitative estimate of drug-likeness (QED) is 0.470. The Morgan fingerprint density at radius 3 is 2.59 bits per heavy atom. The van der Waals surface area contributed by atoms with Gasteiger partial charge in [-0.05, 0) is 47.5 Å². The minimum absolute atomic E-state index is 0.825. The third-order valence-corrected chi connectivity index (χ3v) is 4.83. The van der Waals surface area contributed by atoms with Crippen LogP contribution in [0.2, 0.25) is 0 Å². The molecular weight excluding hydrogens is 334 g/mol. The molecule has 4 nitrogen and oxygen atoms in total. The number of H-pyrrole nitrogens is 1. The van der Waals surface area contributed by atoms with Gasteiger partial charge in [-0.2, -0.15) is 0 Å². The summed E-state index contributed by atoms with van der Waals surface area (Å²) in [4.78, 5) is 12.6. The van der Waals surface area contributed by atoms with E-state index in [4.69, 9.17) is 9.72 Å². The van der Waals surface area contributed by atoms with E-state index in [1.165, 1.54) is 0 Å². The van der Waals surface area contributed by atoms with Gasteiger partial charge in [-0.1, -0.05) is 30.3 Å². The van der Waals surface area contributed by atoms with E-state index in [-0.39, 0.29) is 0 Å². The summed E-state index contributed by atoms with van der Waals surface area (Å²) in [5.74, 6) is 0.825. The van der Waals surface area contributed by atoms with E-state index >= 15 is 0 Å². The monoisotopic (exact) mass is 351 g/mol. The molecule has 5 aromatic rings. The van der Waals surface area contributed by atoms with Crippen molar-refractivity contribution in [2.75, 3.05) is 7.11 Å². The van der Waals surface area contributed by atoms with Crippen LogP contribution in [-0.4, -0.2) is 22.1 Å². The normalized spacial score (nSPS) is 11.1. The highest BCUT2D eigenvalue weighted by Gasteiger charge is 2.13. The molecule has 2 aromatic carbocycles. The number of hydrogen-bond acceptors (Lipinski definition) is 3. The summed E-state index contributed by atoms with van der Waals surface area (Å²) in [5, 5.41) is 2.14. The summed E-state index contributed by atoms with van der Waals surface area (Å²) in [5.41, 5.74) is 6.06. The van der Waals surface area contributed by atoms with E-state index in [2.05, 4.69) is 46.4 Å². The second-order valence-electron chi connectivity index (χ2n) is 6.41. The molecule has 0 unspecified atom stereocenters. The summed E-state index contributed by atoms with van der Waals surface area (Å²) in [6.45, 7) is 0. The van der Waals surface area contributed by atoms with Gasteiger partial charge in [0.2, 0.25) is 0 Å². The third kappa shape index (κ3) is 2.62. The molecule has 27 heavy (non-hydrogen) atoms. The Hall–Kier alpha value is -3.66. The lowest BCUT2D eigenvalue weighted by Gasteiger charge is -2.11. The highest BCUT2D eigenvalue weighted by Crippen LogP contribution is 2.35. The molecule has 0 saturated heterocycles. The zero-order valence-corrected chi connectivity index (χ0v) is 14.8. The highest BCUT2D eigenvalue weighted by molar-refractivity contribution is 6.00. The van der Waals surface area contributed by atoms with Crippen LogP contribution >= 0.6 is 0 Å². The van der Waals surface area contributed by atoms with Gasteiger partial charge in [0.05, 0.1) is 18.3 Å². The maximum Gasteiger partial charge on any atom is 0.137 e. The molecule has 130 valence electrons. The van der Waals surface area contributed by atoms with Gasteiger partial charge in [0.25, 0.3) is 0 Å². The van der Waals surface area contributed by atoms with Crippen molar-refractivity contribution >= 4 is 21.9 Å². The fourth-order valence-electron chi connectivity index (χ4n) is 3.49. The first-order valence-corrected chi connectivity index (χ1v) is 8.80. The topological polar surface area (TPSA) is 50.8 Å². The maximum absolute atomic E-state index is 5.43. The predicted octanol–water partition coefficient (Wildman–Crippen LogP) is 5.45. The predicted molar refractivity (Wildman–Crippen MR) is 109 cm³/mol. The molecule has 3 aromatic heterocycles. The number of rotatable bonds is 3. The van der Waals surface area contributed by atoms with E-state index in [9.17, 15) is 0 Å². The lowest BCUT2D eigenvalue weighted by atomic mass is 9.98. The molecule has 0 atom stereocenters. The Bertz CT molecular complexity index is 1260. The van der Waals surface area contributed by atoms with Crippen molar-refractivity contribution in [3.05, 3.63) is 79.1 Å². The van der Waals surface area contributed by atoms with Crippen LogP contribution in [0.4, 0.5) is 0 Å². The summed E-state index contributed by atoms with van der Waals surface area (Å²) in [6.07, 6.45) is 3.77. The molecule has 5 rings (SSSR count). The van der Waals surface area contributed by atoms with Gasteiger partial charge in [0.15, 0.2) is 0 Å². The van der Waals surface area contributed by atoms with Gasteiger partial charge in [-0.15, -0.1) is 0 Å². The first kappa shape index (κ1) is 15.6. The molecule has 4 heteroatoms. The fourth-order valence-corrected chi connectivity index (χ4v) is 3.49. The molecule has 0 bridgehead atoms. The third-order valence-electron chi connectivity index (χ3n) is 4.83. The van der Waals surface area contributed by atoms with Crippen LogP contribution in [0.15, 0.2) is 79.1 Å². The van der Waals surface area contributed by atoms with E-state index in [1.54, 1.807) is 13.3 Å². The SMILES string of the molecule is COc1ccc2nc(-c3c[nH]c4ncccc34)cc(-c3ccccc3)c2c1. The van der Waals surface area contributed by atoms with Crippen LogP contribution in [0.3, 0.4) is 0 Å². The first-order chi connectivity index (χ1) is 13.3. The second kappa shape index (κ2) is 6.25. The van der Waals surface area contributed by atoms with Crippen molar-refractivity contribution in [3.8, 4) is 28.1 Å². The Morgan fingerprint density at radius 2 is 1.74 bits per heavy atom. The van der Waals surface area contributed by atoms with Crippen LogP contribution in [-0.2, 0) is 0 Å². The minimum Gasteiger partial charge on any atom is -0.497 e. The van der Waals surface area contributed by atoms with Crippen LogP contribution in [0.25, 0.3) is 44.3 Å². The average molecular weight is 351 g/mol. The summed E-state index contributed by atoms with van der Waals surface area (Å²) in [7, 11) is 1.68. The van der Waals surface area contributed by atoms with Crippen LogP contribution in [0.1, 0.15) is 0 Å². The number of benzene rings is 2. The molecular formula is C23H17N3O. The van der Waals surface area contributed by atoms with Gasteiger partial charge >= 0.3 is 0 Å². The summed E-state index contributed by atoms with van der Waals surface area (Å²) in [6, 6.07) is 22.5. The van der Waals surface area contributed by atoms with Crippen molar-refractivity contribution in [1.82, 2.24) is 15.0 Å². The highest BCUT2D eigenvalue weighted by atomic mass is 16.5. The molecule has 0 amide bonds. The molecule has 0 aliphatic rings. The van der Waals surface area contributed by atoms with Gasteiger partial charge < -0.3 is 9.72 Å². The number of ether oxygens (including phenoxy) is 1. The van der Waals surface area contributed by atoms with Gasteiger partial charge in [0, 0.05) is 28.7 Å². The smallest absolute Gasteiger partial charge is 0.137 e. The first-order valence-electron chi connectivity index (χ1n) is 8.80. The van der Waals surface area contributed by atoms with Gasteiger partial charge in [0.1, 0.15) is 11.4 Å². The molecule has 0 spiro atoms. The number of aromatic amines is 1. The number of fused-ring (bicyclic) bond motifs is 2. The lowest BCUT2D eigenvalue weighted by molar-refractivity contribution is 0.415. The Morgan fingerprint density at radius 1 is 0.852 bits per heavy atom. The van der Waals surface area contributed by atoms with Crippen molar-refractivity contribution < 1.29 is 4.74 Å². The lowest BCUT2D eigenvalue weighted by Crippen LogP contribution is -1.91. The van der Waals surface area contributed by atoms with E-state index in [0.29, 0.717) is 0 Å². The number of nitrogens with one attached hydrogen (secondary N) is 1. The van der Waals surface area contributed by atoms with Crippen LogP contribution in [0.5, 0.6) is 5.75 Å². The number of hydrogen-bond donors (Lipinski definition) is 1. The maximum atomic E-state index is 5.43. The van der Waals surface area contributed by atoms with Crippen LogP contribution in [0, 0.1) is 0 Å². The molecule has 1 N–H and O–H groups in total. The fraction of sp³-hybridized carbons (Fsp3) is 0.0435. The average Bonchev–Trinajstić information content (AvgIpc) is 3.17. The van der Waals surface area contributed by atoms with E-state index < -0.39 is 0 Å². The van der Waals surface area contributed by atoms with Crippen molar-refractivity contribution in [1.29, 1.82) is 0 Å². The zero-order valence-electron chi connectivity index (χ0n) is 14.8. The molecule has 0 radical (unpaired) electrons. The van der Waals surface area contributed by atoms with Crippen molar-refractivity contribution in [2.45, 2.75) is 0 Å². The molecule has 0 saturated carbocycles. The zero-order chi connectivity index (χ0) is 18.2. The summed E-state index contributed by atoms with van der Waals surface area (Å²) >= 11 is 0. The van der Waals surface area contributed by atoms with Crippen molar-refractivity contribution in [3.63, 3.8) is 0 Å². The number of methoxy groups -OCH3 is 1. The van der Waals surface area contributed by atoms with Crippen molar-refractivity contribution in [2.24, 2.45) is 0 Å². The standard InChI is InChI=1S/C23H17N3O/c1-27-16-9-10-21-19(12-16)18(15-6-3-2-4-7-15)13-22(26-21)20-14-25-23-17(20)8-5-11-24-23/h2-14H,1H3,(H,24,25). The number of pyridine rings is 2.